The fourth-order valence-corrected chi connectivity index (χ4v) is 3.96. The Hall–Kier alpha value is -0.120. The molecule has 1 N–H and O–H groups in total. The first-order chi connectivity index (χ1) is 9.72. The van der Waals surface area contributed by atoms with Gasteiger partial charge in [0.25, 0.3) is 0 Å². The van der Waals surface area contributed by atoms with Crippen LogP contribution in [0.2, 0.25) is 0 Å². The number of nitrogens with one attached hydrogen (secondary N) is 1. The number of hydrogen-bond acceptors (Lipinski definition) is 3. The van der Waals surface area contributed by atoms with Crippen LogP contribution in [0.25, 0.3) is 0 Å². The number of nitrogens with zero attached hydrogens (tertiary/aromatic N) is 2. The van der Waals surface area contributed by atoms with Crippen molar-refractivity contribution in [2.75, 3.05) is 33.7 Å². The van der Waals surface area contributed by atoms with E-state index < -0.39 is 0 Å². The monoisotopic (exact) mass is 281 g/mol. The number of likely N-dealkylation sites (N-methyl/N-ethyl adjacent to an activating group) is 1. The molecule has 3 unspecified atom stereocenters. The first kappa shape index (κ1) is 16.3. The lowest BCUT2D eigenvalue weighted by molar-refractivity contribution is 0.151. The van der Waals surface area contributed by atoms with Gasteiger partial charge in [-0.1, -0.05) is 32.6 Å². The smallest absolute Gasteiger partial charge is 0.0250 e. The van der Waals surface area contributed by atoms with Crippen molar-refractivity contribution < 1.29 is 0 Å². The standard InChI is InChI=1S/C17H35N3/c1-4-12-18-16-9-7-5-6-8-10-17(16)20-13-11-15(14-20)19(2)3/h15-18H,4-14H2,1-3H3. The predicted octanol–water partition coefficient (Wildman–Crippen LogP) is 2.71. The summed E-state index contributed by atoms with van der Waals surface area (Å²) in [7, 11) is 4.47. The molecule has 0 spiro atoms. The van der Waals surface area contributed by atoms with Gasteiger partial charge in [-0.25, -0.2) is 0 Å². The maximum absolute atomic E-state index is 3.85. The maximum atomic E-state index is 3.85. The summed E-state index contributed by atoms with van der Waals surface area (Å²) >= 11 is 0. The predicted molar refractivity (Wildman–Crippen MR) is 87.2 cm³/mol. The molecule has 118 valence electrons. The minimum atomic E-state index is 0.733. The van der Waals surface area contributed by atoms with E-state index >= 15 is 0 Å². The van der Waals surface area contributed by atoms with Crippen molar-refractivity contribution >= 4 is 0 Å². The van der Waals surface area contributed by atoms with Crippen LogP contribution < -0.4 is 5.32 Å². The average molecular weight is 281 g/mol. The van der Waals surface area contributed by atoms with Crippen LogP contribution in [0.1, 0.15) is 58.3 Å². The quantitative estimate of drug-likeness (QED) is 0.836. The third-order valence-corrected chi connectivity index (χ3v) is 5.28. The summed E-state index contributed by atoms with van der Waals surface area (Å²) in [6.45, 7) is 6.05. The van der Waals surface area contributed by atoms with Crippen LogP contribution >= 0.6 is 0 Å². The van der Waals surface area contributed by atoms with Gasteiger partial charge in [-0.2, -0.15) is 0 Å². The van der Waals surface area contributed by atoms with E-state index in [0.29, 0.717) is 0 Å². The summed E-state index contributed by atoms with van der Waals surface area (Å²) < 4.78 is 0. The molecule has 1 saturated carbocycles. The van der Waals surface area contributed by atoms with Crippen LogP contribution in [0, 0.1) is 0 Å². The van der Waals surface area contributed by atoms with Crippen LogP contribution in [0.5, 0.6) is 0 Å². The third kappa shape index (κ3) is 4.44. The van der Waals surface area contributed by atoms with Crippen molar-refractivity contribution in [1.82, 2.24) is 15.1 Å². The van der Waals surface area contributed by atoms with E-state index in [2.05, 4.69) is 36.1 Å². The van der Waals surface area contributed by atoms with Crippen molar-refractivity contribution in [3.8, 4) is 0 Å². The number of hydrogen-bond donors (Lipinski definition) is 1. The fraction of sp³-hybridized carbons (Fsp3) is 1.00. The van der Waals surface area contributed by atoms with Crippen LogP contribution in [0.15, 0.2) is 0 Å². The van der Waals surface area contributed by atoms with Gasteiger partial charge in [0.05, 0.1) is 0 Å². The van der Waals surface area contributed by atoms with Gasteiger partial charge < -0.3 is 10.2 Å². The molecule has 0 radical (unpaired) electrons. The van der Waals surface area contributed by atoms with E-state index in [4.69, 9.17) is 0 Å². The molecule has 0 aromatic heterocycles. The number of rotatable bonds is 5. The SMILES string of the molecule is CCCNC1CCCCCCC1N1CCC(N(C)C)C1. The molecule has 1 heterocycles. The van der Waals surface area contributed by atoms with Crippen LogP contribution in [0.4, 0.5) is 0 Å². The summed E-state index contributed by atoms with van der Waals surface area (Å²) in [6.07, 6.45) is 11.1. The highest BCUT2D eigenvalue weighted by atomic mass is 15.3. The molecule has 0 amide bonds. The molecule has 2 fully saturated rings. The lowest BCUT2D eigenvalue weighted by Gasteiger charge is -2.37. The van der Waals surface area contributed by atoms with Crippen LogP contribution in [-0.4, -0.2) is 61.7 Å². The molecule has 1 aliphatic carbocycles. The molecular formula is C17H35N3. The first-order valence-corrected chi connectivity index (χ1v) is 8.86. The van der Waals surface area contributed by atoms with Gasteiger partial charge in [0.15, 0.2) is 0 Å². The molecule has 1 aliphatic heterocycles. The Labute approximate surface area is 126 Å². The lowest BCUT2D eigenvalue weighted by atomic mass is 9.91. The Balaban J connectivity index is 1.95. The van der Waals surface area contributed by atoms with Gasteiger partial charge in [0.1, 0.15) is 0 Å². The minimum Gasteiger partial charge on any atom is -0.312 e. The molecule has 0 bridgehead atoms. The molecule has 20 heavy (non-hydrogen) atoms. The van der Waals surface area contributed by atoms with E-state index in [9.17, 15) is 0 Å². The first-order valence-electron chi connectivity index (χ1n) is 8.86. The van der Waals surface area contributed by atoms with Gasteiger partial charge in [-0.05, 0) is 46.3 Å². The Kier molecular flexibility index (Phi) is 6.79. The third-order valence-electron chi connectivity index (χ3n) is 5.28. The normalized spacial score (nSPS) is 33.3. The van der Waals surface area contributed by atoms with Gasteiger partial charge in [0, 0.05) is 31.2 Å². The van der Waals surface area contributed by atoms with E-state index in [-0.39, 0.29) is 0 Å². The van der Waals surface area contributed by atoms with Crippen molar-refractivity contribution in [2.24, 2.45) is 0 Å². The second-order valence-corrected chi connectivity index (χ2v) is 7.02. The summed E-state index contributed by atoms with van der Waals surface area (Å²) in [4.78, 5) is 5.21. The zero-order valence-corrected chi connectivity index (χ0v) is 13.9. The zero-order chi connectivity index (χ0) is 14.4. The highest BCUT2D eigenvalue weighted by molar-refractivity contribution is 4.92. The lowest BCUT2D eigenvalue weighted by Crippen LogP contribution is -2.50. The summed E-state index contributed by atoms with van der Waals surface area (Å²) in [6, 6.07) is 2.29. The summed E-state index contributed by atoms with van der Waals surface area (Å²) in [5, 5.41) is 3.85. The van der Waals surface area contributed by atoms with E-state index in [1.807, 2.05) is 0 Å². The second kappa shape index (κ2) is 8.35. The highest BCUT2D eigenvalue weighted by Gasteiger charge is 2.33. The highest BCUT2D eigenvalue weighted by Crippen LogP contribution is 2.26. The summed E-state index contributed by atoms with van der Waals surface area (Å²) in [5.74, 6) is 0. The van der Waals surface area contributed by atoms with Crippen LogP contribution in [-0.2, 0) is 0 Å². The van der Waals surface area contributed by atoms with Gasteiger partial charge >= 0.3 is 0 Å². The Morgan fingerprint density at radius 2 is 1.80 bits per heavy atom. The molecule has 0 aromatic rings. The van der Waals surface area contributed by atoms with Crippen molar-refractivity contribution in [3.05, 3.63) is 0 Å². The molecule has 2 aliphatic rings. The largest absolute Gasteiger partial charge is 0.312 e. The molecule has 2 rings (SSSR count). The average Bonchev–Trinajstić information content (AvgIpc) is 2.87. The van der Waals surface area contributed by atoms with Gasteiger partial charge in [0.2, 0.25) is 0 Å². The van der Waals surface area contributed by atoms with Crippen molar-refractivity contribution in [3.63, 3.8) is 0 Å². The Bertz CT molecular complexity index is 265. The van der Waals surface area contributed by atoms with Crippen molar-refractivity contribution in [1.29, 1.82) is 0 Å². The maximum Gasteiger partial charge on any atom is 0.0250 e. The van der Waals surface area contributed by atoms with Gasteiger partial charge in [-0.3, -0.25) is 4.90 Å². The van der Waals surface area contributed by atoms with Crippen molar-refractivity contribution in [2.45, 2.75) is 76.4 Å². The molecule has 0 aromatic carbocycles. The van der Waals surface area contributed by atoms with Crippen LogP contribution in [0.3, 0.4) is 0 Å². The fourth-order valence-electron chi connectivity index (χ4n) is 3.96. The molecular weight excluding hydrogens is 246 g/mol. The molecule has 3 atom stereocenters. The Morgan fingerprint density at radius 3 is 2.45 bits per heavy atom. The second-order valence-electron chi connectivity index (χ2n) is 7.02. The minimum absolute atomic E-state index is 0.733. The molecule has 3 heteroatoms. The van der Waals surface area contributed by atoms with E-state index in [0.717, 1.165) is 18.1 Å². The van der Waals surface area contributed by atoms with E-state index in [1.54, 1.807) is 0 Å². The van der Waals surface area contributed by atoms with E-state index in [1.165, 1.54) is 71.0 Å². The summed E-state index contributed by atoms with van der Waals surface area (Å²) in [5.41, 5.74) is 0. The molecule has 1 saturated heterocycles. The Morgan fingerprint density at radius 1 is 1.05 bits per heavy atom. The van der Waals surface area contributed by atoms with Gasteiger partial charge in [-0.15, -0.1) is 0 Å². The number of likely N-dealkylation sites (tertiary alicyclic amines) is 1. The topological polar surface area (TPSA) is 18.5 Å². The molecule has 3 nitrogen and oxygen atoms in total. The zero-order valence-electron chi connectivity index (χ0n) is 13.9.